The Kier molecular flexibility index (Phi) is 4.65. The average Bonchev–Trinajstić information content (AvgIpc) is 3.11. The smallest absolute Gasteiger partial charge is 0.263 e. The molecule has 0 aliphatic carbocycles. The lowest BCUT2D eigenvalue weighted by molar-refractivity contribution is -0.143. The molecule has 0 spiro atoms. The summed E-state index contributed by atoms with van der Waals surface area (Å²) in [4.78, 5) is 31.9. The van der Waals surface area contributed by atoms with E-state index in [1.165, 1.54) is 0 Å². The fourth-order valence-electron chi connectivity index (χ4n) is 3.49. The quantitative estimate of drug-likeness (QED) is 0.758. The van der Waals surface area contributed by atoms with E-state index in [2.05, 4.69) is 25.5 Å². The second kappa shape index (κ2) is 7.10. The normalized spacial score (nSPS) is 20.9. The van der Waals surface area contributed by atoms with E-state index in [-0.39, 0.29) is 17.9 Å². The maximum Gasteiger partial charge on any atom is 0.263 e. The lowest BCUT2D eigenvalue weighted by atomic mass is 10.1. The van der Waals surface area contributed by atoms with Crippen molar-refractivity contribution in [3.05, 3.63) is 17.3 Å². The van der Waals surface area contributed by atoms with Crippen molar-refractivity contribution in [2.75, 3.05) is 26.2 Å². The van der Waals surface area contributed by atoms with Gasteiger partial charge in [0.1, 0.15) is 17.4 Å². The van der Waals surface area contributed by atoms with Gasteiger partial charge in [0.15, 0.2) is 5.82 Å². The summed E-state index contributed by atoms with van der Waals surface area (Å²) in [5.74, 6) is 1.60. The molecule has 0 saturated carbocycles. The molecule has 0 bridgehead atoms. The molecule has 2 amide bonds. The van der Waals surface area contributed by atoms with Gasteiger partial charge in [-0.15, -0.1) is 0 Å². The number of carbonyl (C=O) groups is 2. The van der Waals surface area contributed by atoms with E-state index in [9.17, 15) is 9.59 Å². The van der Waals surface area contributed by atoms with Crippen molar-refractivity contribution < 1.29 is 18.6 Å². The largest absolute Gasteiger partial charge is 0.361 e. The van der Waals surface area contributed by atoms with E-state index in [0.717, 1.165) is 30.8 Å². The topological polar surface area (TPSA) is 118 Å². The van der Waals surface area contributed by atoms with Crippen LogP contribution in [0.4, 0.5) is 0 Å². The van der Waals surface area contributed by atoms with Gasteiger partial charge < -0.3 is 19.3 Å². The zero-order valence-corrected chi connectivity index (χ0v) is 15.4. The van der Waals surface area contributed by atoms with E-state index < -0.39 is 0 Å². The van der Waals surface area contributed by atoms with Gasteiger partial charge in [0.05, 0.1) is 18.7 Å². The predicted octanol–water partition coefficient (Wildman–Crippen LogP) is 0.264. The number of β-lactam (4-membered cyclic amide) rings is 1. The number of aryl methyl sites for hydroxylation is 2. The van der Waals surface area contributed by atoms with Crippen LogP contribution in [0.15, 0.2) is 9.05 Å². The minimum Gasteiger partial charge on any atom is -0.361 e. The maximum absolute atomic E-state index is 12.4. The highest BCUT2D eigenvalue weighted by molar-refractivity contribution is 5.97. The van der Waals surface area contributed by atoms with Crippen LogP contribution in [0.5, 0.6) is 0 Å². The van der Waals surface area contributed by atoms with E-state index >= 15 is 0 Å². The molecule has 2 aromatic heterocycles. The second-order valence-corrected chi connectivity index (χ2v) is 6.99. The Morgan fingerprint density at radius 3 is 2.70 bits per heavy atom. The van der Waals surface area contributed by atoms with Crippen molar-refractivity contribution in [1.82, 2.24) is 30.4 Å². The SMILES string of the molecule is Cc1noc(C)c1-c1nc(CN2CCCN(C(=O)C3CC(=O)N3)CC2)no1. The van der Waals surface area contributed by atoms with Gasteiger partial charge in [-0.1, -0.05) is 10.3 Å². The van der Waals surface area contributed by atoms with Gasteiger partial charge in [0.2, 0.25) is 11.8 Å². The highest BCUT2D eigenvalue weighted by Crippen LogP contribution is 2.25. The molecular formula is C17H22N6O4. The summed E-state index contributed by atoms with van der Waals surface area (Å²) in [5.41, 5.74) is 1.46. The molecular weight excluding hydrogens is 352 g/mol. The van der Waals surface area contributed by atoms with Crippen molar-refractivity contribution in [3.63, 3.8) is 0 Å². The summed E-state index contributed by atoms with van der Waals surface area (Å²) in [6, 6.07) is -0.348. The third-order valence-corrected chi connectivity index (χ3v) is 5.00. The van der Waals surface area contributed by atoms with E-state index in [0.29, 0.717) is 43.5 Å². The number of nitrogens with zero attached hydrogens (tertiary/aromatic N) is 5. The van der Waals surface area contributed by atoms with Crippen LogP contribution in [-0.4, -0.2) is 69.1 Å². The molecule has 0 aromatic carbocycles. The summed E-state index contributed by atoms with van der Waals surface area (Å²) < 4.78 is 10.5. The van der Waals surface area contributed by atoms with Crippen LogP contribution in [0.2, 0.25) is 0 Å². The molecule has 10 nitrogen and oxygen atoms in total. The first kappa shape index (κ1) is 17.7. The minimum atomic E-state index is -0.348. The molecule has 4 rings (SSSR count). The Hall–Kier alpha value is -2.75. The Balaban J connectivity index is 1.35. The van der Waals surface area contributed by atoms with Crippen molar-refractivity contribution in [2.24, 2.45) is 0 Å². The van der Waals surface area contributed by atoms with E-state index in [1.54, 1.807) is 0 Å². The van der Waals surface area contributed by atoms with Crippen molar-refractivity contribution in [2.45, 2.75) is 39.3 Å². The number of carbonyl (C=O) groups excluding carboxylic acids is 2. The van der Waals surface area contributed by atoms with Gasteiger partial charge in [-0.25, -0.2) is 0 Å². The van der Waals surface area contributed by atoms with E-state index in [4.69, 9.17) is 9.05 Å². The van der Waals surface area contributed by atoms with Crippen molar-refractivity contribution >= 4 is 11.8 Å². The first-order valence-electron chi connectivity index (χ1n) is 9.07. The van der Waals surface area contributed by atoms with Crippen LogP contribution < -0.4 is 5.32 Å². The van der Waals surface area contributed by atoms with Gasteiger partial charge in [-0.3, -0.25) is 14.5 Å². The fraction of sp³-hybridized carbons (Fsp3) is 0.588. The predicted molar refractivity (Wildman–Crippen MR) is 92.3 cm³/mol. The molecule has 2 aliphatic rings. The number of rotatable bonds is 4. The molecule has 10 heteroatoms. The summed E-state index contributed by atoms with van der Waals surface area (Å²) in [5, 5.41) is 10.6. The number of amides is 2. The molecule has 144 valence electrons. The highest BCUT2D eigenvalue weighted by atomic mass is 16.5. The summed E-state index contributed by atoms with van der Waals surface area (Å²) >= 11 is 0. The molecule has 1 atom stereocenters. The average molecular weight is 374 g/mol. The number of hydrogen-bond acceptors (Lipinski definition) is 8. The highest BCUT2D eigenvalue weighted by Gasteiger charge is 2.35. The van der Waals surface area contributed by atoms with Crippen molar-refractivity contribution in [1.29, 1.82) is 0 Å². The molecule has 2 fully saturated rings. The van der Waals surface area contributed by atoms with E-state index in [1.807, 2.05) is 18.7 Å². The van der Waals surface area contributed by atoms with Crippen LogP contribution in [0.3, 0.4) is 0 Å². The van der Waals surface area contributed by atoms with Crippen LogP contribution in [0.25, 0.3) is 11.5 Å². The standard InChI is InChI=1S/C17H22N6O4/c1-10-15(11(2)26-20-10)16-19-13(21-27-16)9-22-4-3-5-23(7-6-22)17(25)12-8-14(24)18-12/h12H,3-9H2,1-2H3,(H,18,24). The number of nitrogens with one attached hydrogen (secondary N) is 1. The lowest BCUT2D eigenvalue weighted by Crippen LogP contribution is -2.58. The maximum atomic E-state index is 12.4. The van der Waals surface area contributed by atoms with Gasteiger partial charge in [0.25, 0.3) is 5.89 Å². The molecule has 27 heavy (non-hydrogen) atoms. The monoisotopic (exact) mass is 374 g/mol. The third kappa shape index (κ3) is 3.57. The Labute approximate surface area is 155 Å². The summed E-state index contributed by atoms with van der Waals surface area (Å²) in [6.07, 6.45) is 1.16. The molecule has 2 saturated heterocycles. The van der Waals surface area contributed by atoms with Crippen LogP contribution in [0.1, 0.15) is 30.1 Å². The zero-order valence-electron chi connectivity index (χ0n) is 15.4. The van der Waals surface area contributed by atoms with Crippen LogP contribution in [-0.2, 0) is 16.1 Å². The summed E-state index contributed by atoms with van der Waals surface area (Å²) in [7, 11) is 0. The molecule has 1 N–H and O–H groups in total. The van der Waals surface area contributed by atoms with Crippen molar-refractivity contribution in [3.8, 4) is 11.5 Å². The number of hydrogen-bond donors (Lipinski definition) is 1. The van der Waals surface area contributed by atoms with Gasteiger partial charge in [-0.05, 0) is 20.3 Å². The Morgan fingerprint density at radius 1 is 1.19 bits per heavy atom. The first-order chi connectivity index (χ1) is 13.0. The van der Waals surface area contributed by atoms with Gasteiger partial charge in [0, 0.05) is 26.2 Å². The van der Waals surface area contributed by atoms with Crippen LogP contribution >= 0.6 is 0 Å². The lowest BCUT2D eigenvalue weighted by Gasteiger charge is -2.31. The molecule has 2 aliphatic heterocycles. The first-order valence-corrected chi connectivity index (χ1v) is 9.07. The minimum absolute atomic E-state index is 0.0108. The Bertz CT molecular complexity index is 832. The zero-order chi connectivity index (χ0) is 19.0. The Morgan fingerprint density at radius 2 is 2.00 bits per heavy atom. The van der Waals surface area contributed by atoms with Gasteiger partial charge >= 0.3 is 0 Å². The molecule has 0 radical (unpaired) electrons. The third-order valence-electron chi connectivity index (χ3n) is 5.00. The molecule has 1 unspecified atom stereocenters. The molecule has 4 heterocycles. The molecule has 2 aromatic rings. The second-order valence-electron chi connectivity index (χ2n) is 6.99. The van der Waals surface area contributed by atoms with Crippen LogP contribution in [0, 0.1) is 13.8 Å². The summed E-state index contributed by atoms with van der Waals surface area (Å²) in [6.45, 7) is 7.08. The van der Waals surface area contributed by atoms with Gasteiger partial charge in [-0.2, -0.15) is 4.98 Å². The number of aromatic nitrogens is 3. The fourth-order valence-corrected chi connectivity index (χ4v) is 3.49.